The van der Waals surface area contributed by atoms with Crippen molar-refractivity contribution in [3.63, 3.8) is 0 Å². The summed E-state index contributed by atoms with van der Waals surface area (Å²) >= 11 is 6.08. The number of carboxylic acids is 1. The maximum atomic E-state index is 13.5. The van der Waals surface area contributed by atoms with Gasteiger partial charge in [0.05, 0.1) is 22.0 Å². The van der Waals surface area contributed by atoms with E-state index in [2.05, 4.69) is 0 Å². The highest BCUT2D eigenvalue weighted by Gasteiger charge is 2.43. The van der Waals surface area contributed by atoms with Gasteiger partial charge in [0.2, 0.25) is 0 Å². The van der Waals surface area contributed by atoms with E-state index in [0.717, 1.165) is 15.4 Å². The smallest absolute Gasteiger partial charge is 0.343 e. The van der Waals surface area contributed by atoms with Crippen LogP contribution in [-0.2, 0) is 9.59 Å². The topological polar surface area (TPSA) is 108 Å². The third-order valence-electron chi connectivity index (χ3n) is 5.95. The lowest BCUT2D eigenvalue weighted by molar-refractivity contribution is -0.121. The number of barbiturate groups is 1. The Kier molecular flexibility index (Phi) is 6.40. The van der Waals surface area contributed by atoms with E-state index in [4.69, 9.17) is 16.0 Å². The number of anilines is 2. The zero-order chi connectivity index (χ0) is 27.0. The second-order valence-electron chi connectivity index (χ2n) is 8.49. The number of nitrogens with zero attached hydrogens (tertiary/aromatic N) is 2. The Hall–Kier alpha value is -4.95. The highest BCUT2D eigenvalue weighted by molar-refractivity contribution is 6.46. The van der Waals surface area contributed by atoms with Gasteiger partial charge in [-0.25, -0.2) is 19.4 Å². The summed E-state index contributed by atoms with van der Waals surface area (Å²) in [6.45, 7) is 1.88. The highest BCUT2D eigenvalue weighted by Crippen LogP contribution is 2.32. The van der Waals surface area contributed by atoms with Crippen molar-refractivity contribution in [2.24, 2.45) is 0 Å². The van der Waals surface area contributed by atoms with Crippen LogP contribution in [0.1, 0.15) is 21.7 Å². The minimum atomic E-state index is -1.16. The van der Waals surface area contributed by atoms with Crippen LogP contribution in [0.2, 0.25) is 5.02 Å². The quantitative estimate of drug-likeness (QED) is 0.245. The first-order valence-corrected chi connectivity index (χ1v) is 11.8. The van der Waals surface area contributed by atoms with E-state index in [1.165, 1.54) is 24.3 Å². The van der Waals surface area contributed by atoms with Crippen LogP contribution in [-0.4, -0.2) is 28.9 Å². The van der Waals surface area contributed by atoms with Crippen LogP contribution in [0, 0.1) is 6.92 Å². The Labute approximate surface area is 222 Å². The molecule has 0 atom stereocenters. The van der Waals surface area contributed by atoms with E-state index >= 15 is 0 Å². The Morgan fingerprint density at radius 1 is 0.842 bits per heavy atom. The van der Waals surface area contributed by atoms with Crippen LogP contribution in [0.15, 0.2) is 94.9 Å². The number of urea groups is 1. The van der Waals surface area contributed by atoms with E-state index in [1.807, 2.05) is 6.92 Å². The second-order valence-corrected chi connectivity index (χ2v) is 8.90. The Balaban J connectivity index is 1.56. The summed E-state index contributed by atoms with van der Waals surface area (Å²) in [6, 6.07) is 21.9. The predicted molar refractivity (Wildman–Crippen MR) is 142 cm³/mol. The van der Waals surface area contributed by atoms with Crippen LogP contribution in [0.3, 0.4) is 0 Å². The maximum Gasteiger partial charge on any atom is 0.343 e. The molecule has 1 aromatic heterocycles. The number of aromatic carboxylic acids is 1. The fraction of sp³-hybridized carbons (Fsp3) is 0.0345. The molecule has 0 aliphatic carbocycles. The molecule has 4 amide bonds. The first-order valence-electron chi connectivity index (χ1n) is 11.4. The van der Waals surface area contributed by atoms with Gasteiger partial charge in [0.1, 0.15) is 17.1 Å². The number of benzene rings is 3. The Morgan fingerprint density at radius 3 is 2.08 bits per heavy atom. The summed E-state index contributed by atoms with van der Waals surface area (Å²) in [4.78, 5) is 53.6. The van der Waals surface area contributed by atoms with Gasteiger partial charge >= 0.3 is 12.0 Å². The molecule has 38 heavy (non-hydrogen) atoms. The number of carbonyl (C=O) groups is 4. The molecule has 9 heteroatoms. The average molecular weight is 527 g/mol. The van der Waals surface area contributed by atoms with Gasteiger partial charge in [0.15, 0.2) is 0 Å². The summed E-state index contributed by atoms with van der Waals surface area (Å²) in [7, 11) is 0. The normalized spacial score (nSPS) is 14.9. The van der Waals surface area contributed by atoms with Gasteiger partial charge in [-0.05, 0) is 61.5 Å². The molecule has 0 unspecified atom stereocenters. The van der Waals surface area contributed by atoms with Gasteiger partial charge in [-0.15, -0.1) is 0 Å². The minimum Gasteiger partial charge on any atom is -0.478 e. The van der Waals surface area contributed by atoms with Crippen LogP contribution in [0.4, 0.5) is 16.2 Å². The fourth-order valence-electron chi connectivity index (χ4n) is 4.03. The molecule has 0 bridgehead atoms. The largest absolute Gasteiger partial charge is 0.478 e. The number of carbonyl (C=O) groups excluding carboxylic acids is 3. The van der Waals surface area contributed by atoms with E-state index in [0.29, 0.717) is 22.7 Å². The lowest BCUT2D eigenvalue weighted by Gasteiger charge is -2.33. The molecule has 0 saturated carbocycles. The van der Waals surface area contributed by atoms with Gasteiger partial charge in [-0.2, -0.15) is 0 Å². The van der Waals surface area contributed by atoms with Crippen molar-refractivity contribution in [2.75, 3.05) is 9.80 Å². The van der Waals surface area contributed by atoms with Crippen molar-refractivity contribution in [1.82, 2.24) is 0 Å². The van der Waals surface area contributed by atoms with Gasteiger partial charge < -0.3 is 9.52 Å². The number of halogens is 1. The average Bonchev–Trinajstić information content (AvgIpc) is 3.37. The van der Waals surface area contributed by atoms with Crippen LogP contribution >= 0.6 is 11.6 Å². The monoisotopic (exact) mass is 526 g/mol. The summed E-state index contributed by atoms with van der Waals surface area (Å²) in [6.07, 6.45) is 1.28. The molecule has 1 aliphatic rings. The molecule has 8 nitrogen and oxygen atoms in total. The van der Waals surface area contributed by atoms with Gasteiger partial charge in [0, 0.05) is 5.56 Å². The Morgan fingerprint density at radius 2 is 1.47 bits per heavy atom. The molecule has 5 rings (SSSR count). The van der Waals surface area contributed by atoms with E-state index in [9.17, 15) is 24.3 Å². The van der Waals surface area contributed by atoms with Crippen molar-refractivity contribution < 1.29 is 28.7 Å². The summed E-state index contributed by atoms with van der Waals surface area (Å²) in [5.41, 5.74) is 1.76. The van der Waals surface area contributed by atoms with Crippen molar-refractivity contribution in [2.45, 2.75) is 6.92 Å². The number of para-hydroxylation sites is 1. The lowest BCUT2D eigenvalue weighted by atomic mass is 10.1. The first kappa shape index (κ1) is 24.7. The number of hydrogen-bond donors (Lipinski definition) is 1. The molecule has 2 heterocycles. The van der Waals surface area contributed by atoms with Gasteiger partial charge in [-0.1, -0.05) is 53.6 Å². The number of furan rings is 1. The number of aryl methyl sites for hydroxylation is 1. The lowest BCUT2D eigenvalue weighted by Crippen LogP contribution is -2.57. The third-order valence-corrected chi connectivity index (χ3v) is 6.27. The zero-order valence-electron chi connectivity index (χ0n) is 19.9. The second kappa shape index (κ2) is 9.84. The summed E-state index contributed by atoms with van der Waals surface area (Å²) in [5, 5.41) is 9.23. The number of carboxylic acid groups (broad SMARTS) is 1. The molecule has 1 saturated heterocycles. The summed E-state index contributed by atoms with van der Waals surface area (Å²) < 4.78 is 5.84. The van der Waals surface area contributed by atoms with Crippen LogP contribution in [0.5, 0.6) is 0 Å². The van der Waals surface area contributed by atoms with E-state index in [-0.39, 0.29) is 21.9 Å². The first-order chi connectivity index (χ1) is 18.2. The molecular formula is C29H19ClN2O6. The van der Waals surface area contributed by atoms with Crippen molar-refractivity contribution in [3.05, 3.63) is 112 Å². The maximum absolute atomic E-state index is 13.5. The molecule has 1 N–H and O–H groups in total. The van der Waals surface area contributed by atoms with Gasteiger partial charge in [-0.3, -0.25) is 9.59 Å². The standard InChI is InChI=1S/C29H19ClN2O6/c1-17-7-10-20(11-8-17)32-27(34)23(26(33)31(29(32)37)19-5-3-2-4-6-19)16-21-12-14-25(38-21)18-9-13-22(28(35)36)24(30)15-18/h2-16H,1H3,(H,35,36)/b23-16+. The van der Waals surface area contributed by atoms with E-state index in [1.54, 1.807) is 66.7 Å². The molecular weight excluding hydrogens is 508 g/mol. The number of amides is 4. The minimum absolute atomic E-state index is 0.0368. The molecule has 188 valence electrons. The SMILES string of the molecule is Cc1ccc(N2C(=O)/C(=C/c3ccc(-c4ccc(C(=O)O)c(Cl)c4)o3)C(=O)N(c3ccccc3)C2=O)cc1. The predicted octanol–water partition coefficient (Wildman–Crippen LogP) is 6.19. The van der Waals surface area contributed by atoms with Crippen LogP contribution < -0.4 is 9.80 Å². The van der Waals surface area contributed by atoms with Crippen molar-refractivity contribution in [3.8, 4) is 11.3 Å². The Bertz CT molecular complexity index is 1620. The zero-order valence-corrected chi connectivity index (χ0v) is 20.7. The highest BCUT2D eigenvalue weighted by atomic mass is 35.5. The van der Waals surface area contributed by atoms with Crippen molar-refractivity contribution >= 4 is 52.9 Å². The van der Waals surface area contributed by atoms with Gasteiger partial charge in [0.25, 0.3) is 11.8 Å². The van der Waals surface area contributed by atoms with E-state index < -0.39 is 23.8 Å². The molecule has 1 fully saturated rings. The molecule has 3 aromatic carbocycles. The van der Waals surface area contributed by atoms with Crippen molar-refractivity contribution in [1.29, 1.82) is 0 Å². The third kappa shape index (κ3) is 4.49. The summed E-state index contributed by atoms with van der Waals surface area (Å²) in [5.74, 6) is -2.21. The molecule has 0 spiro atoms. The number of rotatable bonds is 5. The fourth-order valence-corrected chi connectivity index (χ4v) is 4.29. The molecule has 1 aliphatic heterocycles. The molecule has 4 aromatic rings. The number of hydrogen-bond acceptors (Lipinski definition) is 5. The number of imide groups is 2. The molecule has 0 radical (unpaired) electrons. The van der Waals surface area contributed by atoms with Crippen LogP contribution in [0.25, 0.3) is 17.4 Å².